The van der Waals surface area contributed by atoms with Gasteiger partial charge >= 0.3 is 11.9 Å². The minimum atomic E-state index is -1.89. The highest BCUT2D eigenvalue weighted by atomic mass is 35.5. The van der Waals surface area contributed by atoms with Crippen molar-refractivity contribution >= 4 is 29.4 Å². The highest BCUT2D eigenvalue weighted by molar-refractivity contribution is 6.30. The quantitative estimate of drug-likeness (QED) is 0.416. The summed E-state index contributed by atoms with van der Waals surface area (Å²) in [5, 5.41) is 13.0. The molecule has 1 aromatic rings. The monoisotopic (exact) mass is 464 g/mol. The molecule has 2 aliphatic rings. The largest absolute Gasteiger partial charge is 0.481 e. The number of hydrogen-bond donors (Lipinski definition) is 3. The highest BCUT2D eigenvalue weighted by Crippen LogP contribution is 2.42. The molecule has 0 heterocycles. The predicted molar refractivity (Wildman–Crippen MR) is 121 cm³/mol. The Kier molecular flexibility index (Phi) is 7.20. The maximum absolute atomic E-state index is 13.6. The second kappa shape index (κ2) is 9.40. The number of carboxylic acids is 1. The summed E-state index contributed by atoms with van der Waals surface area (Å²) in [4.78, 5) is 38.2. The van der Waals surface area contributed by atoms with E-state index < -0.39 is 40.8 Å². The number of carbonyl (C=O) groups excluding carboxylic acids is 2. The van der Waals surface area contributed by atoms with Crippen LogP contribution in [0.1, 0.15) is 70.9 Å². The predicted octanol–water partition coefficient (Wildman–Crippen LogP) is 3.84. The summed E-state index contributed by atoms with van der Waals surface area (Å²) in [7, 11) is 0. The first kappa shape index (κ1) is 24.5. The molecule has 0 saturated heterocycles. The van der Waals surface area contributed by atoms with Gasteiger partial charge in [-0.2, -0.15) is 0 Å². The fraction of sp³-hybridized carbons (Fsp3) is 0.625. The molecule has 0 aromatic heterocycles. The van der Waals surface area contributed by atoms with E-state index in [1.807, 2.05) is 12.1 Å². The summed E-state index contributed by atoms with van der Waals surface area (Å²) < 4.78 is 5.57. The Labute approximate surface area is 194 Å². The first-order valence-corrected chi connectivity index (χ1v) is 11.6. The first-order valence-electron chi connectivity index (χ1n) is 11.2. The Bertz CT molecular complexity index is 854. The van der Waals surface area contributed by atoms with E-state index in [-0.39, 0.29) is 12.0 Å². The van der Waals surface area contributed by atoms with Gasteiger partial charge in [0.15, 0.2) is 5.54 Å². The van der Waals surface area contributed by atoms with Crippen LogP contribution in [0.15, 0.2) is 24.3 Å². The zero-order valence-electron chi connectivity index (χ0n) is 18.9. The second-order valence-corrected chi connectivity index (χ2v) is 10.5. The molecule has 4 N–H and O–H groups in total. The van der Waals surface area contributed by atoms with Crippen LogP contribution in [0.5, 0.6) is 0 Å². The third-order valence-corrected chi connectivity index (χ3v) is 6.69. The van der Waals surface area contributed by atoms with Gasteiger partial charge in [-0.15, -0.1) is 0 Å². The number of carbonyl (C=O) groups is 3. The fourth-order valence-electron chi connectivity index (χ4n) is 4.44. The molecule has 0 bridgehead atoms. The lowest BCUT2D eigenvalue weighted by Crippen LogP contribution is -2.66. The van der Waals surface area contributed by atoms with Crippen LogP contribution in [-0.4, -0.2) is 34.1 Å². The summed E-state index contributed by atoms with van der Waals surface area (Å²) >= 11 is 6.02. The third-order valence-electron chi connectivity index (χ3n) is 6.44. The number of carboxylic acid groups (broad SMARTS) is 1. The Morgan fingerprint density at radius 1 is 1.06 bits per heavy atom. The molecular formula is C24H33ClN2O5. The van der Waals surface area contributed by atoms with Crippen LogP contribution < -0.4 is 11.1 Å². The molecule has 7 nitrogen and oxygen atoms in total. The maximum Gasteiger partial charge on any atom is 0.336 e. The Balaban J connectivity index is 1.86. The van der Waals surface area contributed by atoms with Crippen LogP contribution in [0.2, 0.25) is 5.02 Å². The Morgan fingerprint density at radius 3 is 2.09 bits per heavy atom. The van der Waals surface area contributed by atoms with Gasteiger partial charge in [-0.3, -0.25) is 9.59 Å². The number of aliphatic carboxylic acids is 1. The van der Waals surface area contributed by atoms with E-state index in [4.69, 9.17) is 22.1 Å². The van der Waals surface area contributed by atoms with Gasteiger partial charge in [0, 0.05) is 5.02 Å². The van der Waals surface area contributed by atoms with Crippen molar-refractivity contribution in [3.8, 4) is 0 Å². The van der Waals surface area contributed by atoms with Crippen LogP contribution in [-0.2, 0) is 19.1 Å². The van der Waals surface area contributed by atoms with Gasteiger partial charge in [0.2, 0.25) is 0 Å². The second-order valence-electron chi connectivity index (χ2n) is 10.1. The van der Waals surface area contributed by atoms with Crippen LogP contribution >= 0.6 is 11.6 Å². The molecule has 32 heavy (non-hydrogen) atoms. The summed E-state index contributed by atoms with van der Waals surface area (Å²) in [5.74, 6) is -2.91. The van der Waals surface area contributed by atoms with Crippen molar-refractivity contribution in [3.05, 3.63) is 34.9 Å². The average Bonchev–Trinajstić information content (AvgIpc) is 3.56. The molecule has 2 unspecified atom stereocenters. The number of halogens is 1. The van der Waals surface area contributed by atoms with Crippen LogP contribution in [0.4, 0.5) is 0 Å². The summed E-state index contributed by atoms with van der Waals surface area (Å²) in [5.41, 5.74) is 4.81. The van der Waals surface area contributed by atoms with Gasteiger partial charge in [-0.25, -0.2) is 4.79 Å². The Morgan fingerprint density at radius 2 is 1.62 bits per heavy atom. The molecule has 1 amide bonds. The van der Waals surface area contributed by atoms with Gasteiger partial charge < -0.3 is 20.9 Å². The highest BCUT2D eigenvalue weighted by Gasteiger charge is 2.53. The molecule has 8 heteroatoms. The molecule has 2 aliphatic carbocycles. The number of amides is 1. The molecular weight excluding hydrogens is 432 g/mol. The smallest absolute Gasteiger partial charge is 0.336 e. The zero-order chi connectivity index (χ0) is 23.7. The number of nitrogens with one attached hydrogen (secondary N) is 1. The van der Waals surface area contributed by atoms with Crippen molar-refractivity contribution < 1.29 is 24.2 Å². The minimum Gasteiger partial charge on any atom is -0.481 e. The van der Waals surface area contributed by atoms with Crippen molar-refractivity contribution in [2.24, 2.45) is 23.5 Å². The SMILES string of the molecule is CC(C)(C)OC(=O)C(N)(C(=O)NC(c1ccc(Cl)cc1)C1CC1)C1CCC(C(=O)O)CC1. The van der Waals surface area contributed by atoms with E-state index >= 15 is 0 Å². The minimum absolute atomic E-state index is 0.269. The first-order chi connectivity index (χ1) is 14.9. The third kappa shape index (κ3) is 5.62. The molecule has 2 atom stereocenters. The number of rotatable bonds is 7. The van der Waals surface area contributed by atoms with E-state index in [0.717, 1.165) is 18.4 Å². The summed E-state index contributed by atoms with van der Waals surface area (Å²) in [6.45, 7) is 5.18. The molecule has 2 fully saturated rings. The van der Waals surface area contributed by atoms with Crippen LogP contribution in [0.3, 0.4) is 0 Å². The van der Waals surface area contributed by atoms with Crippen molar-refractivity contribution in [3.63, 3.8) is 0 Å². The van der Waals surface area contributed by atoms with Crippen molar-refractivity contribution in [2.45, 2.75) is 76.5 Å². The van der Waals surface area contributed by atoms with Crippen LogP contribution in [0.25, 0.3) is 0 Å². The van der Waals surface area contributed by atoms with E-state index in [1.165, 1.54) is 0 Å². The number of nitrogens with two attached hydrogens (primary N) is 1. The van der Waals surface area contributed by atoms with E-state index in [1.54, 1.807) is 32.9 Å². The van der Waals surface area contributed by atoms with Crippen LogP contribution in [0, 0.1) is 17.8 Å². The number of esters is 1. The van der Waals surface area contributed by atoms with Crippen molar-refractivity contribution in [2.75, 3.05) is 0 Å². The molecule has 1 aromatic carbocycles. The number of benzene rings is 1. The van der Waals surface area contributed by atoms with Gasteiger partial charge in [0.05, 0.1) is 12.0 Å². The fourth-order valence-corrected chi connectivity index (χ4v) is 4.56. The standard InChI is InChI=1S/C24H33ClN2O5/c1-23(2,3)32-22(31)24(26,17-10-6-16(7-11-17)20(28)29)21(30)27-19(14-4-5-14)15-8-12-18(25)13-9-15/h8-9,12-14,16-17,19H,4-7,10-11,26H2,1-3H3,(H,27,30)(H,28,29). The topological polar surface area (TPSA) is 119 Å². The molecule has 0 aliphatic heterocycles. The van der Waals surface area contributed by atoms with Gasteiger partial charge in [0.1, 0.15) is 5.60 Å². The Hall–Kier alpha value is -2.12. The average molecular weight is 465 g/mol. The zero-order valence-corrected chi connectivity index (χ0v) is 19.7. The normalized spacial score (nSPS) is 24.2. The molecule has 2 saturated carbocycles. The van der Waals surface area contributed by atoms with Crippen molar-refractivity contribution in [1.82, 2.24) is 5.32 Å². The van der Waals surface area contributed by atoms with Gasteiger partial charge in [-0.1, -0.05) is 23.7 Å². The van der Waals surface area contributed by atoms with Crippen molar-refractivity contribution in [1.29, 1.82) is 0 Å². The number of ether oxygens (including phenoxy) is 1. The number of hydrogen-bond acceptors (Lipinski definition) is 5. The van der Waals surface area contributed by atoms with Gasteiger partial charge in [-0.05, 0) is 88.8 Å². The van der Waals surface area contributed by atoms with E-state index in [9.17, 15) is 19.5 Å². The lowest BCUT2D eigenvalue weighted by molar-refractivity contribution is -0.168. The summed E-state index contributed by atoms with van der Waals surface area (Å²) in [6.07, 6.45) is 3.43. The summed E-state index contributed by atoms with van der Waals surface area (Å²) in [6, 6.07) is 7.01. The molecule has 3 rings (SSSR count). The molecule has 0 spiro atoms. The molecule has 176 valence electrons. The maximum atomic E-state index is 13.6. The lowest BCUT2D eigenvalue weighted by atomic mass is 9.71. The molecule has 0 radical (unpaired) electrons. The van der Waals surface area contributed by atoms with E-state index in [2.05, 4.69) is 5.32 Å². The van der Waals surface area contributed by atoms with E-state index in [0.29, 0.717) is 30.7 Å². The van der Waals surface area contributed by atoms with Gasteiger partial charge in [0.25, 0.3) is 5.91 Å². The lowest BCUT2D eigenvalue weighted by Gasteiger charge is -2.39.